The number of pyridine rings is 1. The second kappa shape index (κ2) is 9.74. The molecule has 0 bridgehead atoms. The van der Waals surface area contributed by atoms with Crippen LogP contribution in [0.1, 0.15) is 35.8 Å². The number of hydrazine groups is 1. The number of aromatic nitrogens is 1. The second-order valence-electron chi connectivity index (χ2n) is 8.06. The number of carbonyl (C=O) groups is 2. The summed E-state index contributed by atoms with van der Waals surface area (Å²) in [5.41, 5.74) is 1.73. The molecule has 2 heterocycles. The maximum absolute atomic E-state index is 14.4. The van der Waals surface area contributed by atoms with Gasteiger partial charge in [-0.15, -0.1) is 0 Å². The maximum Gasteiger partial charge on any atom is 0.417 e. The predicted molar refractivity (Wildman–Crippen MR) is 114 cm³/mol. The summed E-state index contributed by atoms with van der Waals surface area (Å²) in [5, 5.41) is 2.41. The number of benzene rings is 1. The fraction of sp³-hybridized carbons (Fsp3) is 0.409. The van der Waals surface area contributed by atoms with Gasteiger partial charge in [-0.05, 0) is 25.1 Å². The quantitative estimate of drug-likeness (QED) is 0.414. The Balaban J connectivity index is 2.03. The van der Waals surface area contributed by atoms with Crippen LogP contribution < -0.4 is 20.9 Å². The van der Waals surface area contributed by atoms with Crippen molar-refractivity contribution in [3.05, 3.63) is 53.4 Å². The Morgan fingerprint density at radius 3 is 2.49 bits per heavy atom. The number of ether oxygens (including phenoxy) is 2. The van der Waals surface area contributed by atoms with Gasteiger partial charge in [-0.2, -0.15) is 17.6 Å². The number of hydrogen-bond donors (Lipinski definition) is 3. The topological polar surface area (TPSA) is 102 Å². The van der Waals surface area contributed by atoms with E-state index < -0.39 is 58.9 Å². The van der Waals surface area contributed by atoms with E-state index >= 15 is 0 Å². The van der Waals surface area contributed by atoms with E-state index in [1.165, 1.54) is 32.3 Å². The minimum Gasteiger partial charge on any atom is -0.493 e. The van der Waals surface area contributed by atoms with E-state index in [4.69, 9.17) is 9.47 Å². The fourth-order valence-corrected chi connectivity index (χ4v) is 4.06. The van der Waals surface area contributed by atoms with Crippen LogP contribution in [0.25, 0.3) is 0 Å². The highest BCUT2D eigenvalue weighted by Crippen LogP contribution is 2.55. The van der Waals surface area contributed by atoms with Crippen molar-refractivity contribution >= 4 is 17.5 Å². The molecular weight excluding hydrogens is 479 g/mol. The van der Waals surface area contributed by atoms with Gasteiger partial charge in [0.2, 0.25) is 5.82 Å². The van der Waals surface area contributed by atoms with Gasteiger partial charge in [-0.1, -0.05) is 13.0 Å². The molecule has 0 spiro atoms. The first-order chi connectivity index (χ1) is 16.4. The van der Waals surface area contributed by atoms with Gasteiger partial charge in [0.05, 0.1) is 7.11 Å². The number of anilines is 1. The highest BCUT2D eigenvalue weighted by Gasteiger charge is 2.65. The van der Waals surface area contributed by atoms with Crippen LogP contribution in [0.2, 0.25) is 0 Å². The summed E-state index contributed by atoms with van der Waals surface area (Å²) in [4.78, 5) is 29.0. The number of hydrogen-bond acceptors (Lipinski definition) is 6. The number of nitrogens with zero attached hydrogens (tertiary/aromatic N) is 1. The van der Waals surface area contributed by atoms with E-state index in [0.717, 1.165) is 26.2 Å². The molecular formula is C22H23F5N4O4. The third-order valence-electron chi connectivity index (χ3n) is 6.07. The molecule has 1 aliphatic heterocycles. The number of carbonyl (C=O) groups excluding carboxylic acids is 2. The molecule has 2 amide bonds. The van der Waals surface area contributed by atoms with Gasteiger partial charge < -0.3 is 14.8 Å². The molecule has 0 unspecified atom stereocenters. The number of nitrogens with one attached hydrogen (secondary N) is 3. The lowest BCUT2D eigenvalue weighted by Crippen LogP contribution is -2.47. The van der Waals surface area contributed by atoms with E-state index in [-0.39, 0.29) is 16.9 Å². The van der Waals surface area contributed by atoms with Gasteiger partial charge in [0, 0.05) is 36.3 Å². The van der Waals surface area contributed by atoms with Crippen molar-refractivity contribution in [3.63, 3.8) is 0 Å². The summed E-state index contributed by atoms with van der Waals surface area (Å²) in [6.07, 6.45) is -5.44. The third-order valence-corrected chi connectivity index (χ3v) is 6.07. The Bertz CT molecular complexity index is 1130. The first kappa shape index (κ1) is 26.3. The highest BCUT2D eigenvalue weighted by atomic mass is 19.4. The normalized spacial score (nSPS) is 24.2. The number of amides is 2. The van der Waals surface area contributed by atoms with Crippen molar-refractivity contribution in [2.75, 3.05) is 19.5 Å². The van der Waals surface area contributed by atoms with E-state index in [2.05, 4.69) is 21.2 Å². The molecule has 0 aliphatic carbocycles. The molecule has 35 heavy (non-hydrogen) atoms. The zero-order valence-corrected chi connectivity index (χ0v) is 19.1. The molecule has 3 rings (SSSR count). The standard InChI is InChI=1S/C22H23F5N4O4/c1-10-15(12-5-6-13(23)16(24)17(12)34-4)18(35-21(10,2)22(25,26)27)20(33)30-11-7-8-29-14(9-11)19(32)31-28-3/h5-10,15,18,28H,1-4H3,(H,31,32)(H,29,30,33)/t10-,15-,18+,21+/m0/s1. The molecule has 1 saturated heterocycles. The number of halogens is 5. The number of rotatable bonds is 6. The molecule has 190 valence electrons. The SMILES string of the molecule is CNNC(=O)c1cc(NC(=O)[C@@H]2O[C@@](C)(C(F)(F)F)[C@@H](C)[C@H]2c2ccc(F)c(F)c2OC)ccn1. The molecule has 1 aromatic carbocycles. The molecule has 2 aromatic rings. The smallest absolute Gasteiger partial charge is 0.417 e. The van der Waals surface area contributed by atoms with Crippen molar-refractivity contribution in [2.24, 2.45) is 5.92 Å². The third kappa shape index (κ3) is 4.78. The van der Waals surface area contributed by atoms with Crippen molar-refractivity contribution in [3.8, 4) is 5.75 Å². The van der Waals surface area contributed by atoms with E-state index in [1.54, 1.807) is 0 Å². The lowest BCUT2D eigenvalue weighted by atomic mass is 9.77. The molecule has 1 fully saturated rings. The maximum atomic E-state index is 14.4. The first-order valence-electron chi connectivity index (χ1n) is 10.4. The predicted octanol–water partition coefficient (Wildman–Crippen LogP) is 3.31. The van der Waals surface area contributed by atoms with Crippen LogP contribution in [-0.4, -0.2) is 48.8 Å². The van der Waals surface area contributed by atoms with Crippen molar-refractivity contribution in [2.45, 2.75) is 37.6 Å². The van der Waals surface area contributed by atoms with Gasteiger partial charge in [-0.3, -0.25) is 20.0 Å². The van der Waals surface area contributed by atoms with Crippen LogP contribution in [0.4, 0.5) is 27.6 Å². The second-order valence-corrected chi connectivity index (χ2v) is 8.06. The van der Waals surface area contributed by atoms with E-state index in [9.17, 15) is 31.5 Å². The Hall–Kier alpha value is -3.32. The molecule has 8 nitrogen and oxygen atoms in total. The molecule has 4 atom stereocenters. The minimum atomic E-state index is -4.89. The van der Waals surface area contributed by atoms with Crippen molar-refractivity contribution < 1.29 is 41.0 Å². The van der Waals surface area contributed by atoms with Crippen LogP contribution in [-0.2, 0) is 9.53 Å². The lowest BCUT2D eigenvalue weighted by molar-refractivity contribution is -0.272. The zero-order chi connectivity index (χ0) is 26.1. The summed E-state index contributed by atoms with van der Waals surface area (Å²) in [6.45, 7) is 2.00. The van der Waals surface area contributed by atoms with Crippen LogP contribution in [0.3, 0.4) is 0 Å². The summed E-state index contributed by atoms with van der Waals surface area (Å²) >= 11 is 0. The Labute approximate surface area is 197 Å². The minimum absolute atomic E-state index is 0.0547. The summed E-state index contributed by atoms with van der Waals surface area (Å²) < 4.78 is 80.5. The largest absolute Gasteiger partial charge is 0.493 e. The summed E-state index contributed by atoms with van der Waals surface area (Å²) in [5.74, 6) is -7.65. The zero-order valence-electron chi connectivity index (χ0n) is 19.1. The first-order valence-corrected chi connectivity index (χ1v) is 10.4. The van der Waals surface area contributed by atoms with E-state index in [0.29, 0.717) is 0 Å². The van der Waals surface area contributed by atoms with Crippen LogP contribution in [0, 0.1) is 17.6 Å². The van der Waals surface area contributed by atoms with Gasteiger partial charge in [-0.25, -0.2) is 9.82 Å². The fourth-order valence-electron chi connectivity index (χ4n) is 4.06. The molecule has 0 radical (unpaired) electrons. The van der Waals surface area contributed by atoms with Crippen molar-refractivity contribution in [1.29, 1.82) is 0 Å². The van der Waals surface area contributed by atoms with Gasteiger partial charge in [0.15, 0.2) is 17.2 Å². The lowest BCUT2D eigenvalue weighted by Gasteiger charge is -2.32. The Morgan fingerprint density at radius 1 is 1.20 bits per heavy atom. The molecule has 0 saturated carbocycles. The Kier molecular flexibility index (Phi) is 7.31. The summed E-state index contributed by atoms with van der Waals surface area (Å²) in [7, 11) is 2.49. The van der Waals surface area contributed by atoms with E-state index in [1.807, 2.05) is 0 Å². The molecule has 3 N–H and O–H groups in total. The van der Waals surface area contributed by atoms with Gasteiger partial charge in [0.1, 0.15) is 11.8 Å². The van der Waals surface area contributed by atoms with Crippen molar-refractivity contribution in [1.82, 2.24) is 15.8 Å². The average molecular weight is 502 g/mol. The van der Waals surface area contributed by atoms with Crippen LogP contribution in [0.15, 0.2) is 30.5 Å². The molecule has 13 heteroatoms. The monoisotopic (exact) mass is 502 g/mol. The van der Waals surface area contributed by atoms with Gasteiger partial charge in [0.25, 0.3) is 11.8 Å². The number of methoxy groups -OCH3 is 1. The summed E-state index contributed by atoms with van der Waals surface area (Å²) in [6, 6.07) is 4.34. The molecule has 1 aromatic heterocycles. The van der Waals surface area contributed by atoms with Crippen LogP contribution >= 0.6 is 0 Å². The highest BCUT2D eigenvalue weighted by molar-refractivity contribution is 5.97. The molecule has 1 aliphatic rings. The Morgan fingerprint density at radius 2 is 1.89 bits per heavy atom. The van der Waals surface area contributed by atoms with Gasteiger partial charge >= 0.3 is 6.18 Å². The average Bonchev–Trinajstić information content (AvgIpc) is 3.08. The van der Waals surface area contributed by atoms with Crippen LogP contribution in [0.5, 0.6) is 5.75 Å². The number of alkyl halides is 3.